The maximum absolute atomic E-state index is 13.4. The summed E-state index contributed by atoms with van der Waals surface area (Å²) in [6.45, 7) is 0.421. The van der Waals surface area contributed by atoms with Crippen molar-refractivity contribution in [3.8, 4) is 11.4 Å². The summed E-state index contributed by atoms with van der Waals surface area (Å²) >= 11 is 1.48. The van der Waals surface area contributed by atoms with Crippen molar-refractivity contribution in [2.45, 2.75) is 30.5 Å². The van der Waals surface area contributed by atoms with E-state index in [0.717, 1.165) is 26.1 Å². The van der Waals surface area contributed by atoms with Crippen molar-refractivity contribution < 1.29 is 31.9 Å². The molecule has 0 aromatic carbocycles. The Bertz CT molecular complexity index is 971. The van der Waals surface area contributed by atoms with Crippen molar-refractivity contribution in [3.63, 3.8) is 0 Å². The fraction of sp³-hybridized carbons (Fsp3) is 0.294. The van der Waals surface area contributed by atoms with Gasteiger partial charge in [-0.05, 0) is 24.0 Å². The molecule has 10 heteroatoms. The van der Waals surface area contributed by atoms with E-state index in [1.165, 1.54) is 30.2 Å². The van der Waals surface area contributed by atoms with Crippen molar-refractivity contribution in [2.75, 3.05) is 5.75 Å². The Hall–Kier alpha value is -2.36. The van der Waals surface area contributed by atoms with Crippen LogP contribution in [0.25, 0.3) is 22.3 Å². The first-order valence-electron chi connectivity index (χ1n) is 7.90. The SMILES string of the molecule is CCSc1ccc[n+](O)c1-c1cc2ccn(CC(F)(F)C(F)(F)F)c2cn1. The number of hydrogen-bond donors (Lipinski definition) is 1. The molecule has 0 bridgehead atoms. The molecule has 0 fully saturated rings. The van der Waals surface area contributed by atoms with E-state index in [4.69, 9.17) is 0 Å². The predicted molar refractivity (Wildman–Crippen MR) is 89.9 cm³/mol. The molecule has 3 aromatic heterocycles. The summed E-state index contributed by atoms with van der Waals surface area (Å²) < 4.78 is 65.8. The largest absolute Gasteiger partial charge is 0.455 e. The van der Waals surface area contributed by atoms with Crippen molar-refractivity contribution >= 4 is 22.7 Å². The van der Waals surface area contributed by atoms with Crippen LogP contribution in [0.5, 0.6) is 0 Å². The second-order valence-corrected chi connectivity index (χ2v) is 7.08. The molecular formula is C17H15F5N3OS+. The van der Waals surface area contributed by atoms with Crippen LogP contribution < -0.4 is 4.73 Å². The summed E-state index contributed by atoms with van der Waals surface area (Å²) in [7, 11) is 0. The number of aromatic nitrogens is 3. The Morgan fingerprint density at radius 1 is 1.22 bits per heavy atom. The van der Waals surface area contributed by atoms with E-state index < -0.39 is 18.6 Å². The minimum atomic E-state index is -5.63. The molecule has 4 nitrogen and oxygen atoms in total. The number of pyridine rings is 2. The van der Waals surface area contributed by atoms with Gasteiger partial charge in [-0.1, -0.05) is 6.92 Å². The van der Waals surface area contributed by atoms with E-state index in [1.54, 1.807) is 18.2 Å². The maximum Gasteiger partial charge on any atom is 0.455 e. The average Bonchev–Trinajstić information content (AvgIpc) is 2.96. The molecule has 0 aliphatic carbocycles. The minimum absolute atomic E-state index is 0.146. The van der Waals surface area contributed by atoms with Crippen LogP contribution in [0, 0.1) is 0 Å². The fourth-order valence-electron chi connectivity index (χ4n) is 2.65. The lowest BCUT2D eigenvalue weighted by Crippen LogP contribution is -2.40. The molecule has 0 aliphatic rings. The fourth-order valence-corrected chi connectivity index (χ4v) is 3.47. The summed E-state index contributed by atoms with van der Waals surface area (Å²) in [5.41, 5.74) is 0.939. The zero-order valence-electron chi connectivity index (χ0n) is 14.0. The van der Waals surface area contributed by atoms with Gasteiger partial charge in [0, 0.05) is 22.4 Å². The molecule has 3 heterocycles. The molecule has 0 saturated carbocycles. The Morgan fingerprint density at radius 2 is 1.96 bits per heavy atom. The van der Waals surface area contributed by atoms with Gasteiger partial charge in [-0.2, -0.15) is 22.0 Å². The molecule has 144 valence electrons. The summed E-state index contributed by atoms with van der Waals surface area (Å²) in [6, 6.07) is 6.44. The lowest BCUT2D eigenvalue weighted by molar-refractivity contribution is -0.897. The molecular weight excluding hydrogens is 389 g/mol. The van der Waals surface area contributed by atoms with Gasteiger partial charge < -0.3 is 4.57 Å². The smallest absolute Gasteiger partial charge is 0.340 e. The van der Waals surface area contributed by atoms with Gasteiger partial charge in [0.25, 0.3) is 5.69 Å². The normalized spacial score (nSPS) is 12.7. The molecule has 0 spiro atoms. The molecule has 0 amide bonds. The number of nitrogens with zero attached hydrogens (tertiary/aromatic N) is 3. The van der Waals surface area contributed by atoms with Gasteiger partial charge in [0.2, 0.25) is 6.20 Å². The minimum Gasteiger partial charge on any atom is -0.340 e. The van der Waals surface area contributed by atoms with Gasteiger partial charge in [-0.25, -0.2) is 4.98 Å². The quantitative estimate of drug-likeness (QED) is 0.294. The van der Waals surface area contributed by atoms with Gasteiger partial charge in [-0.15, -0.1) is 11.8 Å². The average molecular weight is 404 g/mol. The monoisotopic (exact) mass is 404 g/mol. The first kappa shape index (κ1) is 19.4. The van der Waals surface area contributed by atoms with E-state index >= 15 is 0 Å². The van der Waals surface area contributed by atoms with Crippen molar-refractivity contribution in [1.29, 1.82) is 0 Å². The van der Waals surface area contributed by atoms with Crippen LogP contribution in [0.1, 0.15) is 6.92 Å². The number of hydrogen-bond acceptors (Lipinski definition) is 3. The second kappa shape index (κ2) is 6.99. The molecule has 1 N–H and O–H groups in total. The van der Waals surface area contributed by atoms with Gasteiger partial charge >= 0.3 is 12.1 Å². The van der Waals surface area contributed by atoms with Crippen LogP contribution in [0.15, 0.2) is 47.8 Å². The van der Waals surface area contributed by atoms with Gasteiger partial charge in [-0.3, -0.25) is 5.21 Å². The number of fused-ring (bicyclic) bond motifs is 1. The molecule has 27 heavy (non-hydrogen) atoms. The van der Waals surface area contributed by atoms with Crippen LogP contribution >= 0.6 is 11.8 Å². The lowest BCUT2D eigenvalue weighted by atomic mass is 10.2. The Labute approximate surface area is 155 Å². The van der Waals surface area contributed by atoms with E-state index in [-0.39, 0.29) is 5.52 Å². The van der Waals surface area contributed by atoms with Crippen molar-refractivity contribution in [1.82, 2.24) is 9.55 Å². The topological polar surface area (TPSA) is 41.9 Å². The molecule has 0 aliphatic heterocycles. The third-order valence-corrected chi connectivity index (χ3v) is 4.85. The third kappa shape index (κ3) is 3.71. The highest BCUT2D eigenvalue weighted by Gasteiger charge is 2.57. The van der Waals surface area contributed by atoms with Crippen LogP contribution in [0.2, 0.25) is 0 Å². The Morgan fingerprint density at radius 3 is 2.63 bits per heavy atom. The third-order valence-electron chi connectivity index (χ3n) is 3.92. The van der Waals surface area contributed by atoms with E-state index in [1.807, 2.05) is 6.92 Å². The highest BCUT2D eigenvalue weighted by Crippen LogP contribution is 2.37. The standard InChI is InChI=1S/C17H15F5N3OS/c1-2-27-14-4-3-6-25(26)15(14)12-8-11-5-7-24(13(11)9-23-12)10-16(18,19)17(20,21)22/h3-9,26H,2,10H2,1H3/q+1. The molecule has 0 atom stereocenters. The summed E-state index contributed by atoms with van der Waals surface area (Å²) in [4.78, 5) is 4.93. The van der Waals surface area contributed by atoms with Crippen LogP contribution in [-0.4, -0.2) is 32.6 Å². The highest BCUT2D eigenvalue weighted by atomic mass is 32.2. The number of halogens is 5. The molecule has 3 rings (SSSR count). The first-order valence-corrected chi connectivity index (χ1v) is 8.89. The molecule has 0 saturated heterocycles. The zero-order valence-corrected chi connectivity index (χ0v) is 14.9. The Kier molecular flexibility index (Phi) is 5.02. The summed E-state index contributed by atoms with van der Waals surface area (Å²) in [5.74, 6) is -4.10. The van der Waals surface area contributed by atoms with Crippen LogP contribution in [0.4, 0.5) is 22.0 Å². The van der Waals surface area contributed by atoms with E-state index in [0.29, 0.717) is 16.8 Å². The molecule has 0 unspecified atom stereocenters. The molecule has 3 aromatic rings. The maximum atomic E-state index is 13.4. The van der Waals surface area contributed by atoms with Crippen molar-refractivity contribution in [3.05, 3.63) is 42.9 Å². The van der Waals surface area contributed by atoms with E-state index in [2.05, 4.69) is 4.98 Å². The summed E-state index contributed by atoms with van der Waals surface area (Å²) in [5, 5.41) is 10.6. The van der Waals surface area contributed by atoms with Gasteiger partial charge in [0.15, 0.2) is 0 Å². The number of rotatable bonds is 5. The van der Waals surface area contributed by atoms with Crippen molar-refractivity contribution in [2.24, 2.45) is 0 Å². The van der Waals surface area contributed by atoms with Crippen LogP contribution in [0.3, 0.4) is 0 Å². The first-order chi connectivity index (χ1) is 12.6. The van der Waals surface area contributed by atoms with Crippen LogP contribution in [-0.2, 0) is 6.54 Å². The van der Waals surface area contributed by atoms with E-state index in [9.17, 15) is 27.2 Å². The summed E-state index contributed by atoms with van der Waals surface area (Å²) in [6.07, 6.45) is -1.81. The number of alkyl halides is 5. The van der Waals surface area contributed by atoms with Gasteiger partial charge in [0.1, 0.15) is 5.69 Å². The van der Waals surface area contributed by atoms with Gasteiger partial charge in [0.05, 0.1) is 23.2 Å². The highest BCUT2D eigenvalue weighted by molar-refractivity contribution is 7.99. The lowest BCUT2D eigenvalue weighted by Gasteiger charge is -2.20. The zero-order chi connectivity index (χ0) is 19.8. The second-order valence-electron chi connectivity index (χ2n) is 5.77. The Balaban J connectivity index is 2.03. The predicted octanol–water partition coefficient (Wildman–Crippen LogP) is 4.54. The molecule has 0 radical (unpaired) electrons. The number of thioether (sulfide) groups is 1.